The van der Waals surface area contributed by atoms with Crippen LogP contribution in [0.5, 0.6) is 0 Å². The normalized spacial score (nSPS) is 15.1. The van der Waals surface area contributed by atoms with E-state index in [4.69, 9.17) is 0 Å². The van der Waals surface area contributed by atoms with E-state index >= 15 is 0 Å². The van der Waals surface area contributed by atoms with E-state index in [-0.39, 0.29) is 24.4 Å². The monoisotopic (exact) mass is 302 g/mol. The van der Waals surface area contributed by atoms with E-state index < -0.39 is 24.4 Å². The number of carbonyl (C=O) groups is 1. The molecule has 0 spiro atoms. The fraction of sp³-hybridized carbons (Fsp3) is 0.357. The lowest BCUT2D eigenvalue weighted by Crippen LogP contribution is -2.33. The standard InChI is InChI=1S/C14H14F4N2O/c1-9-2-3-12(11(15)6-9)19-13(21)20-5-4-10(8-20)7-14(16,17)18/h2-4,6H,5,7-8H2,1H3,(H,19,21). The Bertz CT molecular complexity index is 581. The predicted octanol–water partition coefficient (Wildman–Crippen LogP) is 3.86. The minimum Gasteiger partial charge on any atom is -0.317 e. The molecule has 0 aromatic heterocycles. The van der Waals surface area contributed by atoms with Crippen molar-refractivity contribution in [3.63, 3.8) is 0 Å². The van der Waals surface area contributed by atoms with Crippen LogP contribution in [0, 0.1) is 12.7 Å². The number of alkyl halides is 3. The maximum atomic E-state index is 13.6. The van der Waals surface area contributed by atoms with Gasteiger partial charge in [-0.15, -0.1) is 0 Å². The van der Waals surface area contributed by atoms with Crippen LogP contribution in [0.3, 0.4) is 0 Å². The van der Waals surface area contributed by atoms with E-state index in [1.54, 1.807) is 13.0 Å². The molecule has 1 N–H and O–H groups in total. The molecule has 2 amide bonds. The van der Waals surface area contributed by atoms with Crippen LogP contribution in [0.15, 0.2) is 29.8 Å². The van der Waals surface area contributed by atoms with Crippen LogP contribution in [-0.4, -0.2) is 30.2 Å². The molecule has 0 bridgehead atoms. The number of halogens is 4. The van der Waals surface area contributed by atoms with Crippen molar-refractivity contribution in [3.8, 4) is 0 Å². The maximum Gasteiger partial charge on any atom is 0.392 e. The van der Waals surface area contributed by atoms with Crippen molar-refractivity contribution < 1.29 is 22.4 Å². The molecule has 1 heterocycles. The first kappa shape index (κ1) is 15.3. The summed E-state index contributed by atoms with van der Waals surface area (Å²) in [5.74, 6) is -0.578. The zero-order valence-corrected chi connectivity index (χ0v) is 11.3. The zero-order chi connectivity index (χ0) is 15.6. The van der Waals surface area contributed by atoms with Gasteiger partial charge in [0.05, 0.1) is 12.1 Å². The Hall–Kier alpha value is -2.05. The maximum absolute atomic E-state index is 13.6. The van der Waals surface area contributed by atoms with Crippen LogP contribution in [0.25, 0.3) is 0 Å². The van der Waals surface area contributed by atoms with Gasteiger partial charge in [-0.1, -0.05) is 12.1 Å². The van der Waals surface area contributed by atoms with Crippen LogP contribution >= 0.6 is 0 Å². The molecular weight excluding hydrogens is 288 g/mol. The second kappa shape index (κ2) is 5.75. The molecule has 0 saturated heterocycles. The summed E-state index contributed by atoms with van der Waals surface area (Å²) in [5.41, 5.74) is 0.859. The molecule has 1 aromatic rings. The highest BCUT2D eigenvalue weighted by Crippen LogP contribution is 2.27. The third kappa shape index (κ3) is 4.21. The summed E-state index contributed by atoms with van der Waals surface area (Å²) in [7, 11) is 0. The minimum atomic E-state index is -4.29. The second-order valence-corrected chi connectivity index (χ2v) is 4.95. The molecule has 2 rings (SSSR count). The fourth-order valence-corrected chi connectivity index (χ4v) is 2.07. The molecule has 0 aliphatic carbocycles. The Morgan fingerprint density at radius 2 is 2.10 bits per heavy atom. The number of amides is 2. The lowest BCUT2D eigenvalue weighted by Gasteiger charge is -2.18. The van der Waals surface area contributed by atoms with Crippen molar-refractivity contribution in [1.29, 1.82) is 0 Å². The highest BCUT2D eigenvalue weighted by atomic mass is 19.4. The van der Waals surface area contributed by atoms with Crippen LogP contribution < -0.4 is 5.32 Å². The molecule has 114 valence electrons. The summed E-state index contributed by atoms with van der Waals surface area (Å²) in [6.45, 7) is 1.70. The van der Waals surface area contributed by atoms with Crippen molar-refractivity contribution in [2.45, 2.75) is 19.5 Å². The van der Waals surface area contributed by atoms with Gasteiger partial charge in [-0.25, -0.2) is 9.18 Å². The van der Waals surface area contributed by atoms with Gasteiger partial charge in [-0.05, 0) is 30.2 Å². The molecule has 1 aliphatic rings. The Morgan fingerprint density at radius 3 is 2.71 bits per heavy atom. The average molecular weight is 302 g/mol. The van der Waals surface area contributed by atoms with Gasteiger partial charge < -0.3 is 10.2 Å². The summed E-state index contributed by atoms with van der Waals surface area (Å²) in [5, 5.41) is 2.36. The number of urea groups is 1. The molecule has 1 aromatic carbocycles. The highest BCUT2D eigenvalue weighted by molar-refractivity contribution is 5.90. The lowest BCUT2D eigenvalue weighted by atomic mass is 10.2. The number of hydrogen-bond acceptors (Lipinski definition) is 1. The van der Waals surface area contributed by atoms with Crippen LogP contribution in [0.4, 0.5) is 28.0 Å². The smallest absolute Gasteiger partial charge is 0.317 e. The molecule has 0 atom stereocenters. The lowest BCUT2D eigenvalue weighted by molar-refractivity contribution is -0.127. The Morgan fingerprint density at radius 1 is 1.38 bits per heavy atom. The van der Waals surface area contributed by atoms with Crippen LogP contribution in [-0.2, 0) is 0 Å². The number of nitrogens with one attached hydrogen (secondary N) is 1. The quantitative estimate of drug-likeness (QED) is 0.653. The Kier molecular flexibility index (Phi) is 4.20. The molecule has 0 saturated carbocycles. The molecular formula is C14H14F4N2O. The molecule has 0 unspecified atom stereocenters. The fourth-order valence-electron chi connectivity index (χ4n) is 2.07. The summed E-state index contributed by atoms with van der Waals surface area (Å²) < 4.78 is 50.4. The van der Waals surface area contributed by atoms with Crippen molar-refractivity contribution in [2.75, 3.05) is 18.4 Å². The second-order valence-electron chi connectivity index (χ2n) is 4.95. The molecule has 7 heteroatoms. The Balaban J connectivity index is 1.94. The Labute approximate surface area is 119 Å². The summed E-state index contributed by atoms with van der Waals surface area (Å²) >= 11 is 0. The van der Waals surface area contributed by atoms with Crippen molar-refractivity contribution in [1.82, 2.24) is 4.90 Å². The number of nitrogens with zero attached hydrogens (tertiary/aromatic N) is 1. The van der Waals surface area contributed by atoms with Gasteiger partial charge in [0.1, 0.15) is 5.82 Å². The van der Waals surface area contributed by atoms with Crippen molar-refractivity contribution in [2.24, 2.45) is 0 Å². The van der Waals surface area contributed by atoms with E-state index in [0.29, 0.717) is 5.56 Å². The summed E-state index contributed by atoms with van der Waals surface area (Å²) in [4.78, 5) is 13.1. The van der Waals surface area contributed by atoms with E-state index in [0.717, 1.165) is 0 Å². The SMILES string of the molecule is Cc1ccc(NC(=O)N2CC=C(CC(F)(F)F)C2)c(F)c1. The number of carbonyl (C=O) groups excluding carboxylic acids is 1. The molecule has 3 nitrogen and oxygen atoms in total. The summed E-state index contributed by atoms with van der Waals surface area (Å²) in [6.07, 6.45) is -3.95. The molecule has 1 aliphatic heterocycles. The van der Waals surface area contributed by atoms with Gasteiger partial charge >= 0.3 is 12.2 Å². The van der Waals surface area contributed by atoms with Crippen molar-refractivity contribution in [3.05, 3.63) is 41.2 Å². The van der Waals surface area contributed by atoms with E-state index in [1.807, 2.05) is 0 Å². The van der Waals surface area contributed by atoms with Crippen LogP contribution in [0.1, 0.15) is 12.0 Å². The van der Waals surface area contributed by atoms with Gasteiger partial charge in [0, 0.05) is 13.1 Å². The largest absolute Gasteiger partial charge is 0.392 e. The first-order valence-corrected chi connectivity index (χ1v) is 6.31. The average Bonchev–Trinajstić information content (AvgIpc) is 2.78. The van der Waals surface area contributed by atoms with E-state index in [2.05, 4.69) is 5.32 Å². The van der Waals surface area contributed by atoms with Gasteiger partial charge in [0.2, 0.25) is 0 Å². The van der Waals surface area contributed by atoms with Gasteiger partial charge in [0.15, 0.2) is 0 Å². The number of rotatable bonds is 2. The first-order chi connectivity index (χ1) is 9.74. The van der Waals surface area contributed by atoms with E-state index in [9.17, 15) is 22.4 Å². The minimum absolute atomic E-state index is 0.00914. The van der Waals surface area contributed by atoms with Gasteiger partial charge in [0.25, 0.3) is 0 Å². The number of anilines is 1. The summed E-state index contributed by atoms with van der Waals surface area (Å²) in [6, 6.07) is 3.71. The topological polar surface area (TPSA) is 32.3 Å². The van der Waals surface area contributed by atoms with Gasteiger partial charge in [-0.3, -0.25) is 0 Å². The third-order valence-corrected chi connectivity index (χ3v) is 3.08. The van der Waals surface area contributed by atoms with Gasteiger partial charge in [-0.2, -0.15) is 13.2 Å². The number of aryl methyl sites for hydroxylation is 1. The first-order valence-electron chi connectivity index (χ1n) is 6.31. The highest BCUT2D eigenvalue weighted by Gasteiger charge is 2.32. The van der Waals surface area contributed by atoms with Crippen LogP contribution in [0.2, 0.25) is 0 Å². The van der Waals surface area contributed by atoms with E-state index in [1.165, 1.54) is 23.1 Å². The van der Waals surface area contributed by atoms with Crippen molar-refractivity contribution >= 4 is 11.7 Å². The number of hydrogen-bond donors (Lipinski definition) is 1. The zero-order valence-electron chi connectivity index (χ0n) is 11.3. The number of benzene rings is 1. The molecule has 0 fully saturated rings. The third-order valence-electron chi connectivity index (χ3n) is 3.08. The predicted molar refractivity (Wildman–Crippen MR) is 70.5 cm³/mol. The molecule has 0 radical (unpaired) electrons. The molecule has 21 heavy (non-hydrogen) atoms.